The molecule has 1 aromatic heterocycles. The molecule has 0 saturated carbocycles. The number of carbonyl (C=O) groups excluding carboxylic acids is 2. The van der Waals surface area contributed by atoms with Crippen LogP contribution in [0, 0.1) is 0 Å². The number of nitrogens with zero attached hydrogens (tertiary/aromatic N) is 1. The Labute approximate surface area is 169 Å². The lowest BCUT2D eigenvalue weighted by Crippen LogP contribution is -2.25. The highest BCUT2D eigenvalue weighted by atomic mass is 16.5. The molecule has 0 unspecified atom stereocenters. The van der Waals surface area contributed by atoms with Gasteiger partial charge in [-0.05, 0) is 62.4 Å². The summed E-state index contributed by atoms with van der Waals surface area (Å²) in [4.78, 5) is 29.4. The Kier molecular flexibility index (Phi) is 6.58. The van der Waals surface area contributed by atoms with Gasteiger partial charge in [-0.1, -0.05) is 18.2 Å². The summed E-state index contributed by atoms with van der Waals surface area (Å²) < 4.78 is 5.59. The number of benzene rings is 2. The first-order valence-electron chi connectivity index (χ1n) is 9.38. The largest absolute Gasteiger partial charge is 0.491 e. The molecule has 0 saturated heterocycles. The van der Waals surface area contributed by atoms with E-state index in [0.717, 1.165) is 5.69 Å². The third kappa shape index (κ3) is 5.65. The summed E-state index contributed by atoms with van der Waals surface area (Å²) in [6, 6.07) is 19.3. The van der Waals surface area contributed by atoms with E-state index in [1.807, 2.05) is 32.0 Å². The summed E-state index contributed by atoms with van der Waals surface area (Å²) in [5.74, 6) is 0.115. The van der Waals surface area contributed by atoms with Crippen LogP contribution in [0.4, 0.5) is 5.69 Å². The Morgan fingerprint density at radius 2 is 1.66 bits per heavy atom. The molecule has 0 aliphatic carbocycles. The Hall–Kier alpha value is -3.67. The van der Waals surface area contributed by atoms with Crippen LogP contribution in [0.1, 0.15) is 40.3 Å². The minimum Gasteiger partial charge on any atom is -0.491 e. The average Bonchev–Trinajstić information content (AvgIpc) is 2.73. The van der Waals surface area contributed by atoms with Crippen molar-refractivity contribution in [1.82, 2.24) is 10.3 Å². The maximum absolute atomic E-state index is 12.6. The van der Waals surface area contributed by atoms with Crippen LogP contribution in [-0.4, -0.2) is 22.9 Å². The second kappa shape index (κ2) is 9.50. The fourth-order valence-corrected chi connectivity index (χ4v) is 2.71. The number of para-hydroxylation sites is 1. The van der Waals surface area contributed by atoms with Gasteiger partial charge in [0.05, 0.1) is 29.6 Å². The summed E-state index contributed by atoms with van der Waals surface area (Å²) in [6.07, 6.45) is 1.73. The van der Waals surface area contributed by atoms with Crippen LogP contribution < -0.4 is 15.4 Å². The normalized spacial score (nSPS) is 10.4. The molecular weight excluding hydrogens is 366 g/mol. The number of anilines is 1. The molecule has 2 aromatic carbocycles. The molecule has 0 atom stereocenters. The van der Waals surface area contributed by atoms with Crippen molar-refractivity contribution in [2.75, 3.05) is 5.32 Å². The fraction of sp³-hybridized carbons (Fsp3) is 0.174. The zero-order valence-electron chi connectivity index (χ0n) is 16.4. The minimum absolute atomic E-state index is 0.0613. The van der Waals surface area contributed by atoms with Crippen molar-refractivity contribution in [2.45, 2.75) is 26.5 Å². The van der Waals surface area contributed by atoms with Gasteiger partial charge in [0.15, 0.2) is 0 Å². The highest BCUT2D eigenvalue weighted by Crippen LogP contribution is 2.18. The highest BCUT2D eigenvalue weighted by molar-refractivity contribution is 6.09. The van der Waals surface area contributed by atoms with Crippen LogP contribution in [-0.2, 0) is 6.54 Å². The number of nitrogens with one attached hydrogen (secondary N) is 2. The Morgan fingerprint density at radius 1 is 0.931 bits per heavy atom. The maximum atomic E-state index is 12.6. The van der Waals surface area contributed by atoms with Crippen molar-refractivity contribution in [3.63, 3.8) is 0 Å². The second-order valence-electron chi connectivity index (χ2n) is 6.69. The predicted molar refractivity (Wildman–Crippen MR) is 112 cm³/mol. The van der Waals surface area contributed by atoms with Crippen molar-refractivity contribution in [3.05, 3.63) is 89.7 Å². The van der Waals surface area contributed by atoms with E-state index in [-0.39, 0.29) is 17.9 Å². The van der Waals surface area contributed by atoms with E-state index in [2.05, 4.69) is 15.6 Å². The van der Waals surface area contributed by atoms with Crippen LogP contribution in [0.5, 0.6) is 5.75 Å². The Morgan fingerprint density at radius 3 is 2.34 bits per heavy atom. The fourth-order valence-electron chi connectivity index (χ4n) is 2.71. The van der Waals surface area contributed by atoms with Gasteiger partial charge in [-0.25, -0.2) is 0 Å². The number of amides is 2. The summed E-state index contributed by atoms with van der Waals surface area (Å²) in [5.41, 5.74) is 2.06. The molecule has 6 heteroatoms. The molecule has 29 heavy (non-hydrogen) atoms. The molecule has 0 bridgehead atoms. The molecule has 3 rings (SSSR count). The van der Waals surface area contributed by atoms with Crippen molar-refractivity contribution in [1.29, 1.82) is 0 Å². The summed E-state index contributed by atoms with van der Waals surface area (Å²) in [7, 11) is 0. The molecule has 6 nitrogen and oxygen atoms in total. The van der Waals surface area contributed by atoms with Gasteiger partial charge in [0.1, 0.15) is 5.75 Å². The van der Waals surface area contributed by atoms with E-state index >= 15 is 0 Å². The number of pyridine rings is 1. The smallest absolute Gasteiger partial charge is 0.255 e. The monoisotopic (exact) mass is 389 g/mol. The van der Waals surface area contributed by atoms with Gasteiger partial charge in [0, 0.05) is 11.8 Å². The zero-order chi connectivity index (χ0) is 20.6. The van der Waals surface area contributed by atoms with Gasteiger partial charge in [-0.15, -0.1) is 0 Å². The van der Waals surface area contributed by atoms with Crippen LogP contribution in [0.2, 0.25) is 0 Å². The van der Waals surface area contributed by atoms with E-state index in [9.17, 15) is 9.59 Å². The molecule has 0 spiro atoms. The average molecular weight is 389 g/mol. The van der Waals surface area contributed by atoms with Crippen LogP contribution in [0.25, 0.3) is 0 Å². The molecule has 2 amide bonds. The van der Waals surface area contributed by atoms with Gasteiger partial charge in [-0.3, -0.25) is 14.6 Å². The molecule has 3 aromatic rings. The number of rotatable bonds is 7. The number of ether oxygens (including phenoxy) is 1. The number of aromatic nitrogens is 1. The Balaban J connectivity index is 1.68. The highest BCUT2D eigenvalue weighted by Gasteiger charge is 2.14. The lowest BCUT2D eigenvalue weighted by Gasteiger charge is -2.12. The first kappa shape index (κ1) is 20.1. The van der Waals surface area contributed by atoms with Crippen molar-refractivity contribution >= 4 is 17.5 Å². The van der Waals surface area contributed by atoms with Gasteiger partial charge in [0.25, 0.3) is 11.8 Å². The van der Waals surface area contributed by atoms with E-state index < -0.39 is 0 Å². The molecule has 1 heterocycles. The molecule has 0 fully saturated rings. The first-order chi connectivity index (χ1) is 14.0. The van der Waals surface area contributed by atoms with Crippen molar-refractivity contribution < 1.29 is 14.3 Å². The third-order valence-electron chi connectivity index (χ3n) is 4.06. The lowest BCUT2D eigenvalue weighted by molar-refractivity contribution is 0.0951. The number of hydrogen-bond acceptors (Lipinski definition) is 4. The predicted octanol–water partition coefficient (Wildman–Crippen LogP) is 4.05. The summed E-state index contributed by atoms with van der Waals surface area (Å²) in [6.45, 7) is 4.19. The lowest BCUT2D eigenvalue weighted by atomic mass is 10.1. The van der Waals surface area contributed by atoms with Crippen molar-refractivity contribution in [2.24, 2.45) is 0 Å². The minimum atomic E-state index is -0.300. The SMILES string of the molecule is CC(C)Oc1ccc(C(=O)Nc2ccccc2C(=O)NCc2ccccn2)cc1. The molecular formula is C23H23N3O3. The van der Waals surface area contributed by atoms with Crippen molar-refractivity contribution in [3.8, 4) is 5.75 Å². The molecule has 0 aliphatic heterocycles. The number of carbonyl (C=O) groups is 2. The molecule has 0 aliphatic rings. The van der Waals surface area contributed by atoms with Gasteiger partial charge >= 0.3 is 0 Å². The Bertz CT molecular complexity index is 970. The van der Waals surface area contributed by atoms with Crippen LogP contribution in [0.15, 0.2) is 72.9 Å². The maximum Gasteiger partial charge on any atom is 0.255 e. The molecule has 0 radical (unpaired) electrons. The summed E-state index contributed by atoms with van der Waals surface area (Å²) >= 11 is 0. The van der Waals surface area contributed by atoms with Gasteiger partial charge in [0.2, 0.25) is 0 Å². The van der Waals surface area contributed by atoms with E-state index in [1.54, 1.807) is 54.7 Å². The van der Waals surface area contributed by atoms with Gasteiger partial charge in [-0.2, -0.15) is 0 Å². The zero-order valence-corrected chi connectivity index (χ0v) is 16.4. The van der Waals surface area contributed by atoms with Gasteiger partial charge < -0.3 is 15.4 Å². The third-order valence-corrected chi connectivity index (χ3v) is 4.06. The van der Waals surface area contributed by atoms with Crippen LogP contribution >= 0.6 is 0 Å². The standard InChI is InChI=1S/C23H23N3O3/c1-16(2)29-19-12-10-17(11-13-19)22(27)26-21-9-4-3-8-20(21)23(28)25-15-18-7-5-6-14-24-18/h3-14,16H,15H2,1-2H3,(H,25,28)(H,26,27). The second-order valence-corrected chi connectivity index (χ2v) is 6.69. The van der Waals surface area contributed by atoms with E-state index in [1.165, 1.54) is 0 Å². The van der Waals surface area contributed by atoms with Crippen LogP contribution in [0.3, 0.4) is 0 Å². The first-order valence-corrected chi connectivity index (χ1v) is 9.38. The quantitative estimate of drug-likeness (QED) is 0.639. The summed E-state index contributed by atoms with van der Waals surface area (Å²) in [5, 5.41) is 5.63. The molecule has 148 valence electrons. The van der Waals surface area contributed by atoms with E-state index in [0.29, 0.717) is 29.1 Å². The molecule has 2 N–H and O–H groups in total. The van der Waals surface area contributed by atoms with E-state index in [4.69, 9.17) is 4.74 Å². The number of hydrogen-bond donors (Lipinski definition) is 2. The topological polar surface area (TPSA) is 80.3 Å².